The van der Waals surface area contributed by atoms with E-state index in [9.17, 15) is 0 Å². The molecule has 1 heterocycles. The average Bonchev–Trinajstić information content (AvgIpc) is 2.87. The van der Waals surface area contributed by atoms with Gasteiger partial charge in [-0.3, -0.25) is 4.68 Å². The molecular formula is C14H26N4. The van der Waals surface area contributed by atoms with Gasteiger partial charge in [0.1, 0.15) is 0 Å². The second-order valence-electron chi connectivity index (χ2n) is 6.20. The molecule has 0 amide bonds. The van der Waals surface area contributed by atoms with Crippen LogP contribution >= 0.6 is 0 Å². The molecule has 1 N–H and O–H groups in total. The summed E-state index contributed by atoms with van der Waals surface area (Å²) in [6.07, 6.45) is 7.05. The van der Waals surface area contributed by atoms with Gasteiger partial charge in [0.25, 0.3) is 0 Å². The Balaban J connectivity index is 2.23. The van der Waals surface area contributed by atoms with Gasteiger partial charge in [-0.05, 0) is 37.1 Å². The lowest BCUT2D eigenvalue weighted by Crippen LogP contribution is -2.35. The van der Waals surface area contributed by atoms with Crippen LogP contribution in [0.15, 0.2) is 6.20 Å². The summed E-state index contributed by atoms with van der Waals surface area (Å²) in [7, 11) is 1.99. The van der Waals surface area contributed by atoms with Crippen molar-refractivity contribution in [2.45, 2.75) is 52.5 Å². The molecular weight excluding hydrogens is 224 g/mol. The van der Waals surface area contributed by atoms with Crippen LogP contribution in [0.4, 0.5) is 0 Å². The van der Waals surface area contributed by atoms with Crippen molar-refractivity contribution in [1.82, 2.24) is 20.3 Å². The van der Waals surface area contributed by atoms with Gasteiger partial charge < -0.3 is 5.32 Å². The van der Waals surface area contributed by atoms with E-state index >= 15 is 0 Å². The lowest BCUT2D eigenvalue weighted by Gasteiger charge is -2.34. The molecule has 1 saturated carbocycles. The SMILES string of the molecule is CCCNC(c1cnnn1C)C1CCCC1(C)C. The monoisotopic (exact) mass is 250 g/mol. The molecule has 0 aromatic carbocycles. The summed E-state index contributed by atoms with van der Waals surface area (Å²) in [5, 5.41) is 11.8. The fourth-order valence-electron chi connectivity index (χ4n) is 3.30. The van der Waals surface area contributed by atoms with Crippen molar-refractivity contribution in [2.75, 3.05) is 6.54 Å². The first-order chi connectivity index (χ1) is 8.56. The zero-order valence-electron chi connectivity index (χ0n) is 12.1. The smallest absolute Gasteiger partial charge is 0.0756 e. The highest BCUT2D eigenvalue weighted by molar-refractivity contribution is 5.08. The van der Waals surface area contributed by atoms with Crippen molar-refractivity contribution in [3.05, 3.63) is 11.9 Å². The van der Waals surface area contributed by atoms with Gasteiger partial charge in [0, 0.05) is 7.05 Å². The van der Waals surface area contributed by atoms with E-state index in [4.69, 9.17) is 0 Å². The maximum Gasteiger partial charge on any atom is 0.0756 e. The first-order valence-corrected chi connectivity index (χ1v) is 7.14. The Hall–Kier alpha value is -0.900. The molecule has 2 unspecified atom stereocenters. The van der Waals surface area contributed by atoms with Crippen LogP contribution in [-0.2, 0) is 7.05 Å². The molecule has 1 aliphatic rings. The summed E-state index contributed by atoms with van der Waals surface area (Å²) in [6, 6.07) is 0.391. The van der Waals surface area contributed by atoms with Crippen LogP contribution in [0.25, 0.3) is 0 Å². The second kappa shape index (κ2) is 5.39. The van der Waals surface area contributed by atoms with E-state index in [0.717, 1.165) is 13.0 Å². The molecule has 4 heteroatoms. The average molecular weight is 250 g/mol. The Morgan fingerprint density at radius 2 is 2.33 bits per heavy atom. The van der Waals surface area contributed by atoms with Crippen LogP contribution in [0, 0.1) is 11.3 Å². The Labute approximate surface area is 110 Å². The fraction of sp³-hybridized carbons (Fsp3) is 0.857. The third-order valence-corrected chi connectivity index (χ3v) is 4.42. The Morgan fingerprint density at radius 1 is 1.56 bits per heavy atom. The summed E-state index contributed by atoms with van der Waals surface area (Å²) >= 11 is 0. The minimum absolute atomic E-state index is 0.391. The molecule has 0 saturated heterocycles. The van der Waals surface area contributed by atoms with E-state index in [1.54, 1.807) is 0 Å². The summed E-state index contributed by atoms with van der Waals surface area (Å²) < 4.78 is 1.92. The van der Waals surface area contributed by atoms with Crippen molar-refractivity contribution in [2.24, 2.45) is 18.4 Å². The van der Waals surface area contributed by atoms with E-state index < -0.39 is 0 Å². The highest BCUT2D eigenvalue weighted by Crippen LogP contribution is 2.48. The van der Waals surface area contributed by atoms with Gasteiger partial charge >= 0.3 is 0 Å². The predicted molar refractivity (Wildman–Crippen MR) is 73.2 cm³/mol. The summed E-state index contributed by atoms with van der Waals surface area (Å²) in [5.74, 6) is 0.682. The third-order valence-electron chi connectivity index (χ3n) is 4.42. The van der Waals surface area contributed by atoms with Gasteiger partial charge in [0.15, 0.2) is 0 Å². The van der Waals surface area contributed by atoms with Crippen LogP contribution in [-0.4, -0.2) is 21.5 Å². The van der Waals surface area contributed by atoms with Crippen LogP contribution in [0.3, 0.4) is 0 Å². The van der Waals surface area contributed by atoms with Gasteiger partial charge in [-0.1, -0.05) is 32.4 Å². The van der Waals surface area contributed by atoms with Gasteiger partial charge in [0.2, 0.25) is 0 Å². The van der Waals surface area contributed by atoms with E-state index in [1.807, 2.05) is 17.9 Å². The van der Waals surface area contributed by atoms with Gasteiger partial charge in [-0.15, -0.1) is 5.10 Å². The molecule has 2 rings (SSSR count). The van der Waals surface area contributed by atoms with Crippen molar-refractivity contribution in [1.29, 1.82) is 0 Å². The van der Waals surface area contributed by atoms with E-state index in [0.29, 0.717) is 17.4 Å². The zero-order chi connectivity index (χ0) is 13.2. The number of aromatic nitrogens is 3. The zero-order valence-corrected chi connectivity index (χ0v) is 12.1. The molecule has 1 aromatic heterocycles. The van der Waals surface area contributed by atoms with Crippen LogP contribution in [0.5, 0.6) is 0 Å². The van der Waals surface area contributed by atoms with Gasteiger partial charge in [0.05, 0.1) is 17.9 Å². The summed E-state index contributed by atoms with van der Waals surface area (Å²) in [5.41, 5.74) is 1.64. The number of aryl methyl sites for hydroxylation is 1. The van der Waals surface area contributed by atoms with Crippen molar-refractivity contribution in [3.63, 3.8) is 0 Å². The molecule has 102 valence electrons. The quantitative estimate of drug-likeness (QED) is 0.873. The Bertz CT molecular complexity index is 383. The lowest BCUT2D eigenvalue weighted by atomic mass is 9.76. The molecule has 0 spiro atoms. The molecule has 0 radical (unpaired) electrons. The maximum absolute atomic E-state index is 4.09. The lowest BCUT2D eigenvalue weighted by molar-refractivity contribution is 0.192. The Kier molecular flexibility index (Phi) is 4.05. The van der Waals surface area contributed by atoms with Crippen molar-refractivity contribution >= 4 is 0 Å². The molecule has 18 heavy (non-hydrogen) atoms. The number of hydrogen-bond donors (Lipinski definition) is 1. The highest BCUT2D eigenvalue weighted by Gasteiger charge is 2.40. The molecule has 4 nitrogen and oxygen atoms in total. The molecule has 0 bridgehead atoms. The number of nitrogens with zero attached hydrogens (tertiary/aromatic N) is 3. The standard InChI is InChI=1S/C14H26N4/c1-5-9-15-13(12-10-16-17-18(12)4)11-7-6-8-14(11,2)3/h10-11,13,15H,5-9H2,1-4H3. The van der Waals surface area contributed by atoms with Gasteiger partial charge in [-0.2, -0.15) is 0 Å². The molecule has 1 fully saturated rings. The minimum atomic E-state index is 0.391. The fourth-order valence-corrected chi connectivity index (χ4v) is 3.30. The second-order valence-corrected chi connectivity index (χ2v) is 6.20. The van der Waals surface area contributed by atoms with Gasteiger partial charge in [-0.25, -0.2) is 0 Å². The van der Waals surface area contributed by atoms with E-state index in [2.05, 4.69) is 36.4 Å². The Morgan fingerprint density at radius 3 is 2.83 bits per heavy atom. The summed E-state index contributed by atoms with van der Waals surface area (Å²) in [4.78, 5) is 0. The topological polar surface area (TPSA) is 42.7 Å². The summed E-state index contributed by atoms with van der Waals surface area (Å²) in [6.45, 7) is 8.07. The molecule has 1 aliphatic carbocycles. The maximum atomic E-state index is 4.09. The minimum Gasteiger partial charge on any atom is -0.308 e. The molecule has 0 aliphatic heterocycles. The normalized spacial score (nSPS) is 24.3. The molecule has 2 atom stereocenters. The predicted octanol–water partition coefficient (Wildman–Crippen LogP) is 2.68. The van der Waals surface area contributed by atoms with Crippen molar-refractivity contribution in [3.8, 4) is 0 Å². The first kappa shape index (κ1) is 13.5. The largest absolute Gasteiger partial charge is 0.308 e. The van der Waals surface area contributed by atoms with E-state index in [-0.39, 0.29) is 0 Å². The highest BCUT2D eigenvalue weighted by atomic mass is 15.4. The van der Waals surface area contributed by atoms with Crippen molar-refractivity contribution < 1.29 is 0 Å². The van der Waals surface area contributed by atoms with Crippen LogP contribution in [0.1, 0.15) is 58.2 Å². The molecule has 1 aromatic rings. The van der Waals surface area contributed by atoms with Crippen LogP contribution < -0.4 is 5.32 Å². The third kappa shape index (κ3) is 2.58. The van der Waals surface area contributed by atoms with E-state index in [1.165, 1.54) is 25.0 Å². The first-order valence-electron chi connectivity index (χ1n) is 7.14. The number of hydrogen-bond acceptors (Lipinski definition) is 3. The number of rotatable bonds is 5. The number of nitrogens with one attached hydrogen (secondary N) is 1. The van der Waals surface area contributed by atoms with Crippen LogP contribution in [0.2, 0.25) is 0 Å².